The van der Waals surface area contributed by atoms with Gasteiger partial charge in [-0.2, -0.15) is 4.98 Å². The molecule has 1 unspecified atom stereocenters. The molecular formula is C17H22N4O3. The number of benzene rings is 1. The number of amides is 2. The number of methoxy groups -OCH3 is 1. The molecule has 0 spiro atoms. The maximum Gasteiger partial charge on any atom is 0.318 e. The molecule has 1 aliphatic rings. The first-order chi connectivity index (χ1) is 11.7. The predicted octanol–water partition coefficient (Wildman–Crippen LogP) is 3.00. The third-order valence-corrected chi connectivity index (χ3v) is 4.11. The molecule has 0 bridgehead atoms. The molecule has 7 heteroatoms. The molecule has 1 N–H and O–H groups in total. The lowest BCUT2D eigenvalue weighted by molar-refractivity contribution is 0.180. The molecule has 128 valence electrons. The van der Waals surface area contributed by atoms with Crippen LogP contribution in [0.15, 0.2) is 28.8 Å². The highest BCUT2D eigenvalue weighted by atomic mass is 16.5. The Morgan fingerprint density at radius 3 is 2.92 bits per heavy atom. The van der Waals surface area contributed by atoms with Crippen LogP contribution in [0.25, 0.3) is 11.4 Å². The summed E-state index contributed by atoms with van der Waals surface area (Å²) in [7, 11) is 1.62. The van der Waals surface area contributed by atoms with E-state index in [2.05, 4.69) is 15.5 Å². The maximum absolute atomic E-state index is 12.2. The fourth-order valence-corrected chi connectivity index (χ4v) is 2.83. The molecule has 2 aromatic rings. The van der Waals surface area contributed by atoms with Crippen LogP contribution in [0, 0.1) is 0 Å². The lowest BCUT2D eigenvalue weighted by Gasteiger charge is -2.22. The van der Waals surface area contributed by atoms with Crippen molar-refractivity contribution >= 4 is 6.03 Å². The Labute approximate surface area is 141 Å². The molecule has 1 aliphatic heterocycles. The van der Waals surface area contributed by atoms with E-state index in [4.69, 9.17) is 9.26 Å². The van der Waals surface area contributed by atoms with E-state index in [0.717, 1.165) is 30.6 Å². The van der Waals surface area contributed by atoms with Gasteiger partial charge in [-0.15, -0.1) is 0 Å². The van der Waals surface area contributed by atoms with E-state index in [-0.39, 0.29) is 12.1 Å². The van der Waals surface area contributed by atoms with Crippen LogP contribution < -0.4 is 10.1 Å². The molecule has 1 atom stereocenters. The fourth-order valence-electron chi connectivity index (χ4n) is 2.83. The quantitative estimate of drug-likeness (QED) is 0.911. The zero-order valence-electron chi connectivity index (χ0n) is 14.0. The number of nitrogens with zero attached hydrogens (tertiary/aromatic N) is 3. The van der Waals surface area contributed by atoms with Crippen molar-refractivity contribution in [3.63, 3.8) is 0 Å². The first-order valence-corrected chi connectivity index (χ1v) is 8.25. The van der Waals surface area contributed by atoms with Gasteiger partial charge in [0.25, 0.3) is 0 Å². The minimum Gasteiger partial charge on any atom is -0.497 e. The number of aromatic nitrogens is 2. The van der Waals surface area contributed by atoms with Gasteiger partial charge in [0.2, 0.25) is 11.7 Å². The van der Waals surface area contributed by atoms with Crippen LogP contribution >= 0.6 is 0 Å². The Morgan fingerprint density at radius 2 is 2.21 bits per heavy atom. The monoisotopic (exact) mass is 330 g/mol. The largest absolute Gasteiger partial charge is 0.497 e. The Bertz CT molecular complexity index is 683. The van der Waals surface area contributed by atoms with Gasteiger partial charge in [0.15, 0.2) is 0 Å². The number of likely N-dealkylation sites (tertiary alicyclic amines) is 1. The number of carbonyl (C=O) groups is 1. The first-order valence-electron chi connectivity index (χ1n) is 8.25. The van der Waals surface area contributed by atoms with Gasteiger partial charge in [-0.3, -0.25) is 0 Å². The van der Waals surface area contributed by atoms with E-state index in [9.17, 15) is 4.79 Å². The molecule has 24 heavy (non-hydrogen) atoms. The van der Waals surface area contributed by atoms with Gasteiger partial charge in [-0.1, -0.05) is 12.1 Å². The number of hydrogen-bond donors (Lipinski definition) is 1. The number of hydrogen-bond acceptors (Lipinski definition) is 5. The van der Waals surface area contributed by atoms with Crippen LogP contribution in [0.2, 0.25) is 0 Å². The third-order valence-electron chi connectivity index (χ3n) is 4.11. The van der Waals surface area contributed by atoms with E-state index >= 15 is 0 Å². The second-order valence-corrected chi connectivity index (χ2v) is 5.77. The zero-order chi connectivity index (χ0) is 16.9. The summed E-state index contributed by atoms with van der Waals surface area (Å²) in [4.78, 5) is 18.5. The molecule has 1 saturated heterocycles. The van der Waals surface area contributed by atoms with Crippen molar-refractivity contribution in [2.45, 2.75) is 32.2 Å². The normalized spacial score (nSPS) is 17.1. The van der Waals surface area contributed by atoms with E-state index in [0.29, 0.717) is 24.8 Å². The number of nitrogens with one attached hydrogen (secondary N) is 1. The number of rotatable bonds is 5. The zero-order valence-corrected chi connectivity index (χ0v) is 14.0. The second kappa shape index (κ2) is 7.33. The summed E-state index contributed by atoms with van der Waals surface area (Å²) in [5.41, 5.74) is 0.853. The summed E-state index contributed by atoms with van der Waals surface area (Å²) in [6, 6.07) is 7.25. The van der Waals surface area contributed by atoms with E-state index in [1.54, 1.807) is 12.0 Å². The Hall–Kier alpha value is -2.57. The van der Waals surface area contributed by atoms with Crippen LogP contribution in [0.5, 0.6) is 5.75 Å². The Kier molecular flexibility index (Phi) is 4.98. The van der Waals surface area contributed by atoms with Crippen LogP contribution in [0.1, 0.15) is 38.1 Å². The molecule has 3 rings (SSSR count). The van der Waals surface area contributed by atoms with Crippen molar-refractivity contribution in [2.75, 3.05) is 20.2 Å². The lowest BCUT2D eigenvalue weighted by atomic mass is 10.2. The van der Waals surface area contributed by atoms with Gasteiger partial charge in [0.05, 0.1) is 7.11 Å². The van der Waals surface area contributed by atoms with Crippen LogP contribution in [-0.2, 0) is 0 Å². The molecule has 2 amide bonds. The summed E-state index contributed by atoms with van der Waals surface area (Å²) in [6.07, 6.45) is 2.68. The number of urea groups is 1. The Balaban J connectivity index is 1.75. The van der Waals surface area contributed by atoms with E-state index in [1.807, 2.05) is 31.2 Å². The average molecular weight is 330 g/mol. The van der Waals surface area contributed by atoms with E-state index < -0.39 is 0 Å². The standard InChI is InChI=1S/C17H22N4O3/c1-3-10-18-17(22)21-11-4-5-14(21)16-19-15(20-24-16)12-6-8-13(23-2)9-7-12/h6-9,14H,3-5,10-11H2,1-2H3,(H,18,22). The maximum atomic E-state index is 12.2. The summed E-state index contributed by atoms with van der Waals surface area (Å²) < 4.78 is 10.6. The molecule has 0 aliphatic carbocycles. The van der Waals surface area contributed by atoms with Gasteiger partial charge >= 0.3 is 6.03 Å². The van der Waals surface area contributed by atoms with Crippen molar-refractivity contribution in [3.8, 4) is 17.1 Å². The minimum absolute atomic E-state index is 0.0662. The van der Waals surface area contributed by atoms with Crippen LogP contribution in [0.3, 0.4) is 0 Å². The SMILES string of the molecule is CCCNC(=O)N1CCCC1c1nc(-c2ccc(OC)cc2)no1. The highest BCUT2D eigenvalue weighted by Crippen LogP contribution is 2.32. The van der Waals surface area contributed by atoms with Crippen LogP contribution in [0.4, 0.5) is 4.79 Å². The van der Waals surface area contributed by atoms with Crippen molar-refractivity contribution < 1.29 is 14.1 Å². The molecule has 2 heterocycles. The van der Waals surface area contributed by atoms with E-state index in [1.165, 1.54) is 0 Å². The number of carbonyl (C=O) groups excluding carboxylic acids is 1. The fraction of sp³-hybridized carbons (Fsp3) is 0.471. The Morgan fingerprint density at radius 1 is 1.42 bits per heavy atom. The first kappa shape index (κ1) is 16.3. The van der Waals surface area contributed by atoms with Gasteiger partial charge in [-0.25, -0.2) is 4.79 Å². The second-order valence-electron chi connectivity index (χ2n) is 5.77. The minimum atomic E-state index is -0.152. The summed E-state index contributed by atoms with van der Waals surface area (Å²) in [5, 5.41) is 6.97. The molecule has 0 saturated carbocycles. The summed E-state index contributed by atoms with van der Waals surface area (Å²) in [5.74, 6) is 1.79. The molecule has 1 fully saturated rings. The molecular weight excluding hydrogens is 308 g/mol. The lowest BCUT2D eigenvalue weighted by Crippen LogP contribution is -2.39. The molecule has 1 aromatic heterocycles. The van der Waals surface area contributed by atoms with Crippen molar-refractivity contribution in [1.82, 2.24) is 20.4 Å². The third kappa shape index (κ3) is 3.34. The summed E-state index contributed by atoms with van der Waals surface area (Å²) >= 11 is 0. The van der Waals surface area contributed by atoms with Gasteiger partial charge in [0.1, 0.15) is 11.8 Å². The van der Waals surface area contributed by atoms with Gasteiger partial charge in [0, 0.05) is 18.7 Å². The number of ether oxygens (including phenoxy) is 1. The van der Waals surface area contributed by atoms with Gasteiger partial charge < -0.3 is 19.5 Å². The molecule has 7 nitrogen and oxygen atoms in total. The van der Waals surface area contributed by atoms with Crippen molar-refractivity contribution in [1.29, 1.82) is 0 Å². The average Bonchev–Trinajstić information content (AvgIpc) is 3.28. The van der Waals surface area contributed by atoms with Crippen molar-refractivity contribution in [3.05, 3.63) is 30.2 Å². The van der Waals surface area contributed by atoms with Crippen molar-refractivity contribution in [2.24, 2.45) is 0 Å². The molecule has 1 aromatic carbocycles. The predicted molar refractivity (Wildman–Crippen MR) is 88.7 cm³/mol. The summed E-state index contributed by atoms with van der Waals surface area (Å²) in [6.45, 7) is 3.41. The van der Waals surface area contributed by atoms with Gasteiger partial charge in [-0.05, 0) is 43.5 Å². The smallest absolute Gasteiger partial charge is 0.318 e. The van der Waals surface area contributed by atoms with Crippen LogP contribution in [-0.4, -0.2) is 41.3 Å². The molecule has 0 radical (unpaired) electrons. The highest BCUT2D eigenvalue weighted by molar-refractivity contribution is 5.74. The highest BCUT2D eigenvalue weighted by Gasteiger charge is 2.34. The topological polar surface area (TPSA) is 80.5 Å².